The Morgan fingerprint density at radius 1 is 1.07 bits per heavy atom. The summed E-state index contributed by atoms with van der Waals surface area (Å²) in [4.78, 5) is 36.6. The van der Waals surface area contributed by atoms with Gasteiger partial charge in [-0.1, -0.05) is 32.1 Å². The lowest BCUT2D eigenvalue weighted by atomic mass is 10.1. The third-order valence-corrected chi connectivity index (χ3v) is 14.4. The molecule has 2 aliphatic rings. The number of anilines is 3. The molecule has 44 heavy (non-hydrogen) atoms. The molecule has 1 N–H and O–H groups in total. The number of carbonyl (C=O) groups is 1. The number of piperidine rings is 1. The van der Waals surface area contributed by atoms with Crippen LogP contribution in [0.25, 0.3) is 21.8 Å². The summed E-state index contributed by atoms with van der Waals surface area (Å²) in [5.41, 5.74) is 3.12. The molecule has 2 saturated heterocycles. The van der Waals surface area contributed by atoms with Gasteiger partial charge < -0.3 is 28.7 Å². The van der Waals surface area contributed by atoms with Crippen LogP contribution >= 0.6 is 11.3 Å². The molecule has 1 amide bonds. The normalized spacial score (nSPS) is 17.0. The molecule has 0 atom stereocenters. The quantitative estimate of drug-likeness (QED) is 0.238. The summed E-state index contributed by atoms with van der Waals surface area (Å²) in [6.07, 6.45) is 5.09. The van der Waals surface area contributed by atoms with Crippen molar-refractivity contribution in [2.75, 3.05) is 54.5 Å². The lowest BCUT2D eigenvalue weighted by Gasteiger charge is -2.42. The van der Waals surface area contributed by atoms with Crippen molar-refractivity contribution in [1.82, 2.24) is 19.9 Å². The van der Waals surface area contributed by atoms with Gasteiger partial charge in [-0.15, -0.1) is 0 Å². The summed E-state index contributed by atoms with van der Waals surface area (Å²) >= 11 is 1.58. The monoisotopic (exact) mass is 635 g/mol. The first-order chi connectivity index (χ1) is 21.0. The summed E-state index contributed by atoms with van der Waals surface area (Å²) in [6, 6.07) is 5.67. The van der Waals surface area contributed by atoms with Gasteiger partial charge >= 0.3 is 0 Å². The van der Waals surface area contributed by atoms with Gasteiger partial charge in [0.15, 0.2) is 30.6 Å². The number of oxazole rings is 1. The van der Waals surface area contributed by atoms with Gasteiger partial charge in [-0.05, 0) is 56.1 Å². The van der Waals surface area contributed by atoms with Gasteiger partial charge in [-0.3, -0.25) is 9.78 Å². The number of aromatic nitrogens is 4. The van der Waals surface area contributed by atoms with E-state index < -0.39 is 8.32 Å². The number of aryl methyl sites for hydroxylation is 1. The standard InChI is InChI=1S/C31H41N7O4SSi/c1-20-17-21(7-10-32-20)29-34-24(19-41-29)28(39)33-23-18-25-26(36-30(43-25)38-13-15-40-16-14-38)35-27(23)37-11-8-22(9-12-37)42-44(5,6)31(2,3)4/h7,10,17-19,22H,8-9,11-16H2,1-6H3,(H,33,39). The molecule has 0 bridgehead atoms. The topological polar surface area (TPSA) is 119 Å². The van der Waals surface area contributed by atoms with Gasteiger partial charge in [0.25, 0.3) is 5.91 Å². The van der Waals surface area contributed by atoms with Crippen LogP contribution in [0.1, 0.15) is 49.8 Å². The summed E-state index contributed by atoms with van der Waals surface area (Å²) in [5.74, 6) is 0.724. The first kappa shape index (κ1) is 30.6. The van der Waals surface area contributed by atoms with Gasteiger partial charge in [0.1, 0.15) is 6.26 Å². The largest absolute Gasteiger partial charge is 0.444 e. The Labute approximate surface area is 263 Å². The Bertz CT molecular complexity index is 1640. The van der Waals surface area contributed by atoms with Crippen molar-refractivity contribution in [3.8, 4) is 11.5 Å². The molecule has 0 saturated carbocycles. The molecule has 0 aliphatic carbocycles. The van der Waals surface area contributed by atoms with Crippen LogP contribution in [-0.4, -0.2) is 79.7 Å². The maximum absolute atomic E-state index is 13.5. The molecular formula is C31H41N7O4SSi. The van der Waals surface area contributed by atoms with E-state index in [0.717, 1.165) is 60.1 Å². The van der Waals surface area contributed by atoms with E-state index in [-0.39, 0.29) is 22.7 Å². The molecule has 4 aromatic heterocycles. The minimum Gasteiger partial charge on any atom is -0.444 e. The number of carbonyl (C=O) groups excluding carboxylic acids is 1. The highest BCUT2D eigenvalue weighted by molar-refractivity contribution is 7.22. The minimum absolute atomic E-state index is 0.161. The molecule has 0 aromatic carbocycles. The number of morpholine rings is 1. The molecule has 234 valence electrons. The first-order valence-corrected chi connectivity index (χ1v) is 19.0. The Hall–Kier alpha value is -3.39. The first-order valence-electron chi connectivity index (χ1n) is 15.2. The molecular weight excluding hydrogens is 595 g/mol. The van der Waals surface area contributed by atoms with Crippen LogP contribution in [0.5, 0.6) is 0 Å². The fourth-order valence-corrected chi connectivity index (χ4v) is 7.64. The molecule has 4 aromatic rings. The van der Waals surface area contributed by atoms with Gasteiger partial charge in [0.2, 0.25) is 5.89 Å². The van der Waals surface area contributed by atoms with Gasteiger partial charge in [-0.25, -0.2) is 9.97 Å². The van der Waals surface area contributed by atoms with Crippen LogP contribution in [0.15, 0.2) is 35.1 Å². The number of hydrogen-bond acceptors (Lipinski definition) is 11. The summed E-state index contributed by atoms with van der Waals surface area (Å²) in [7, 11) is -1.87. The molecule has 13 heteroatoms. The number of fused-ring (bicyclic) bond motifs is 1. The second-order valence-electron chi connectivity index (χ2n) is 13.0. The van der Waals surface area contributed by atoms with Crippen LogP contribution in [0.3, 0.4) is 0 Å². The van der Waals surface area contributed by atoms with Crippen LogP contribution in [0.4, 0.5) is 16.6 Å². The average molecular weight is 636 g/mol. The molecule has 11 nitrogen and oxygen atoms in total. The predicted molar refractivity (Wildman–Crippen MR) is 176 cm³/mol. The molecule has 2 fully saturated rings. The van der Waals surface area contributed by atoms with Crippen molar-refractivity contribution < 1.29 is 18.4 Å². The number of pyridine rings is 2. The summed E-state index contributed by atoms with van der Waals surface area (Å²) < 4.78 is 18.9. The Morgan fingerprint density at radius 3 is 2.52 bits per heavy atom. The third kappa shape index (κ3) is 6.51. The average Bonchev–Trinajstić information content (AvgIpc) is 3.65. The molecule has 0 spiro atoms. The van der Waals surface area contributed by atoms with Crippen LogP contribution < -0.4 is 15.1 Å². The Kier molecular flexibility index (Phi) is 8.48. The van der Waals surface area contributed by atoms with E-state index in [0.29, 0.717) is 36.3 Å². The lowest BCUT2D eigenvalue weighted by Crippen LogP contribution is -2.47. The smallest absolute Gasteiger partial charge is 0.277 e. The zero-order chi connectivity index (χ0) is 31.1. The number of hydrogen-bond donors (Lipinski definition) is 1. The summed E-state index contributed by atoms with van der Waals surface area (Å²) in [5, 5.41) is 4.17. The highest BCUT2D eigenvalue weighted by Gasteiger charge is 2.40. The van der Waals surface area contributed by atoms with E-state index >= 15 is 0 Å². The van der Waals surface area contributed by atoms with E-state index in [2.05, 4.69) is 58.9 Å². The second kappa shape index (κ2) is 12.2. The number of thiazole rings is 1. The number of rotatable bonds is 7. The van der Waals surface area contributed by atoms with Gasteiger partial charge in [0.05, 0.1) is 23.6 Å². The number of nitrogens with one attached hydrogen (secondary N) is 1. The SMILES string of the molecule is Cc1cc(-c2nc(C(=O)Nc3cc4sc(N5CCOCC5)nc4nc3N3CCC(O[Si](C)(C)C(C)(C)C)CC3)co2)ccn1. The molecule has 0 radical (unpaired) electrons. The molecule has 0 unspecified atom stereocenters. The molecule has 6 heterocycles. The maximum atomic E-state index is 13.5. The van der Waals surface area contributed by atoms with E-state index in [1.54, 1.807) is 17.5 Å². The third-order valence-electron chi connectivity index (χ3n) is 8.77. The Balaban J connectivity index is 1.26. The molecule has 6 rings (SSSR count). The van der Waals surface area contributed by atoms with Gasteiger partial charge in [0, 0.05) is 49.7 Å². The van der Waals surface area contributed by atoms with E-state index in [9.17, 15) is 4.79 Å². The highest BCUT2D eigenvalue weighted by atomic mass is 32.1. The van der Waals surface area contributed by atoms with Crippen molar-refractivity contribution in [3.63, 3.8) is 0 Å². The Morgan fingerprint density at radius 2 is 1.82 bits per heavy atom. The number of amides is 1. The number of nitrogens with zero attached hydrogens (tertiary/aromatic N) is 6. The maximum Gasteiger partial charge on any atom is 0.277 e. The van der Waals surface area contributed by atoms with E-state index in [1.165, 1.54) is 6.26 Å². The second-order valence-corrected chi connectivity index (χ2v) is 18.8. The van der Waals surface area contributed by atoms with Crippen molar-refractivity contribution >= 4 is 52.5 Å². The van der Waals surface area contributed by atoms with E-state index in [1.807, 2.05) is 25.1 Å². The highest BCUT2D eigenvalue weighted by Crippen LogP contribution is 2.40. The van der Waals surface area contributed by atoms with Crippen molar-refractivity contribution in [3.05, 3.63) is 42.0 Å². The van der Waals surface area contributed by atoms with Crippen LogP contribution in [0.2, 0.25) is 18.1 Å². The van der Waals surface area contributed by atoms with Crippen molar-refractivity contribution in [2.45, 2.75) is 64.8 Å². The minimum atomic E-state index is -1.87. The number of ether oxygens (including phenoxy) is 1. The van der Waals surface area contributed by atoms with Crippen molar-refractivity contribution in [1.29, 1.82) is 0 Å². The fourth-order valence-electron chi connectivity index (χ4n) is 5.22. The van der Waals surface area contributed by atoms with Crippen molar-refractivity contribution in [2.24, 2.45) is 0 Å². The van der Waals surface area contributed by atoms with E-state index in [4.69, 9.17) is 23.5 Å². The summed E-state index contributed by atoms with van der Waals surface area (Å²) in [6.45, 7) is 17.8. The van der Waals surface area contributed by atoms with Crippen LogP contribution in [-0.2, 0) is 9.16 Å². The molecule has 2 aliphatic heterocycles. The van der Waals surface area contributed by atoms with Crippen LogP contribution in [0, 0.1) is 6.92 Å². The zero-order valence-corrected chi connectivity index (χ0v) is 28.2. The zero-order valence-electron chi connectivity index (χ0n) is 26.3. The predicted octanol–water partition coefficient (Wildman–Crippen LogP) is 6.13. The van der Waals surface area contributed by atoms with Gasteiger partial charge in [-0.2, -0.15) is 4.98 Å². The fraction of sp³-hybridized carbons (Fsp3) is 0.516. The lowest BCUT2D eigenvalue weighted by molar-refractivity contribution is 0.102.